The summed E-state index contributed by atoms with van der Waals surface area (Å²) < 4.78 is 14.7. The molecular formula is C13H23N2O7P. The van der Waals surface area contributed by atoms with Gasteiger partial charge in [-0.05, 0) is 19.4 Å². The highest BCUT2D eigenvalue weighted by Gasteiger charge is 2.23. The Morgan fingerprint density at radius 3 is 2.35 bits per heavy atom. The van der Waals surface area contributed by atoms with Gasteiger partial charge in [-0.25, -0.2) is 4.57 Å². The maximum absolute atomic E-state index is 11.3. The zero-order chi connectivity index (χ0) is 17.3. The average molecular weight is 350 g/mol. The molecule has 1 aliphatic heterocycles. The minimum absolute atomic E-state index is 0.0201. The number of phosphoric ester groups is 1. The van der Waals surface area contributed by atoms with Crippen molar-refractivity contribution >= 4 is 19.6 Å². The molecule has 2 amide bonds. The van der Waals surface area contributed by atoms with Gasteiger partial charge in [-0.15, -0.1) is 0 Å². The largest absolute Gasteiger partial charge is 0.469 e. The number of aliphatic hydroxyl groups excluding tert-OH is 1. The van der Waals surface area contributed by atoms with Gasteiger partial charge in [-0.2, -0.15) is 0 Å². The number of aliphatic hydroxyl groups is 1. The lowest BCUT2D eigenvalue weighted by Crippen LogP contribution is -2.37. The Hall–Kier alpha value is -1.09. The molecule has 0 aliphatic carbocycles. The fourth-order valence-electron chi connectivity index (χ4n) is 2.04. The average Bonchev–Trinajstić information content (AvgIpc) is 2.77. The third kappa shape index (κ3) is 8.95. The van der Waals surface area contributed by atoms with E-state index in [9.17, 15) is 19.3 Å². The summed E-state index contributed by atoms with van der Waals surface area (Å²) in [5, 5.41) is 12.6. The Morgan fingerprint density at radius 2 is 1.74 bits per heavy atom. The van der Waals surface area contributed by atoms with Crippen LogP contribution in [0.2, 0.25) is 0 Å². The number of amides is 2. The maximum Gasteiger partial charge on any atom is 0.469 e. The van der Waals surface area contributed by atoms with Gasteiger partial charge in [0.2, 0.25) is 0 Å². The van der Waals surface area contributed by atoms with Crippen LogP contribution in [0.25, 0.3) is 0 Å². The van der Waals surface area contributed by atoms with Crippen LogP contribution >= 0.6 is 7.82 Å². The quantitative estimate of drug-likeness (QED) is 0.165. The molecule has 0 fully saturated rings. The summed E-state index contributed by atoms with van der Waals surface area (Å²) in [5.74, 6) is -0.723. The molecule has 10 heteroatoms. The molecule has 1 atom stereocenters. The first kappa shape index (κ1) is 20.0. The van der Waals surface area contributed by atoms with Gasteiger partial charge in [-0.1, -0.05) is 12.8 Å². The van der Waals surface area contributed by atoms with E-state index in [0.717, 1.165) is 24.2 Å². The minimum atomic E-state index is -4.37. The number of nitrogens with zero attached hydrogens (tertiary/aromatic N) is 1. The molecule has 0 saturated heterocycles. The van der Waals surface area contributed by atoms with Gasteiger partial charge >= 0.3 is 7.82 Å². The van der Waals surface area contributed by atoms with Crippen LogP contribution in [0.1, 0.15) is 32.1 Å². The van der Waals surface area contributed by atoms with E-state index < -0.39 is 14.1 Å². The van der Waals surface area contributed by atoms with Crippen molar-refractivity contribution < 1.29 is 33.6 Å². The van der Waals surface area contributed by atoms with Crippen molar-refractivity contribution in [1.29, 1.82) is 0 Å². The molecule has 0 saturated carbocycles. The second-order valence-electron chi connectivity index (χ2n) is 5.16. The van der Waals surface area contributed by atoms with Crippen molar-refractivity contribution in [3.05, 3.63) is 12.2 Å². The lowest BCUT2D eigenvalue weighted by atomic mass is 10.2. The summed E-state index contributed by atoms with van der Waals surface area (Å²) in [6.45, 7) is 0.755. The maximum atomic E-state index is 11.3. The normalized spacial score (nSPS) is 16.4. The molecule has 0 radical (unpaired) electrons. The monoisotopic (exact) mass is 350 g/mol. The molecule has 0 aromatic carbocycles. The topological polar surface area (TPSA) is 136 Å². The molecule has 1 rings (SSSR count). The zero-order valence-electron chi connectivity index (χ0n) is 12.8. The molecule has 132 valence electrons. The van der Waals surface area contributed by atoms with Crippen LogP contribution < -0.4 is 5.32 Å². The van der Waals surface area contributed by atoms with Gasteiger partial charge in [0, 0.05) is 25.1 Å². The predicted octanol–water partition coefficient (Wildman–Crippen LogP) is -0.121. The van der Waals surface area contributed by atoms with Gasteiger partial charge < -0.3 is 14.9 Å². The lowest BCUT2D eigenvalue weighted by Gasteiger charge is -2.17. The van der Waals surface area contributed by atoms with E-state index in [4.69, 9.17) is 9.79 Å². The molecule has 0 spiro atoms. The lowest BCUT2D eigenvalue weighted by molar-refractivity contribution is -0.137. The predicted molar refractivity (Wildman–Crippen MR) is 81.0 cm³/mol. The van der Waals surface area contributed by atoms with E-state index in [1.54, 1.807) is 0 Å². The van der Waals surface area contributed by atoms with Crippen LogP contribution in [0.4, 0.5) is 0 Å². The number of carbonyl (C=O) groups is 2. The third-order valence-corrected chi connectivity index (χ3v) is 3.76. The van der Waals surface area contributed by atoms with Crippen LogP contribution in [-0.2, 0) is 18.7 Å². The van der Waals surface area contributed by atoms with E-state index in [1.807, 2.05) is 0 Å². The van der Waals surface area contributed by atoms with Crippen molar-refractivity contribution in [1.82, 2.24) is 10.2 Å². The Bertz CT molecular complexity index is 459. The number of carbonyl (C=O) groups excluding carboxylic acids is 2. The first-order chi connectivity index (χ1) is 10.8. The van der Waals surface area contributed by atoms with Crippen molar-refractivity contribution in [2.45, 2.75) is 38.3 Å². The number of hydrogen-bond acceptors (Lipinski definition) is 6. The Kier molecular flexibility index (Phi) is 8.60. The summed E-state index contributed by atoms with van der Waals surface area (Å²) in [6, 6.07) is 0. The summed E-state index contributed by atoms with van der Waals surface area (Å²) in [5.41, 5.74) is 0. The Morgan fingerprint density at radius 1 is 1.13 bits per heavy atom. The highest BCUT2D eigenvalue weighted by Crippen LogP contribution is 2.35. The van der Waals surface area contributed by atoms with Crippen molar-refractivity contribution in [3.8, 4) is 0 Å². The summed E-state index contributed by atoms with van der Waals surface area (Å²) >= 11 is 0. The second-order valence-corrected chi connectivity index (χ2v) is 6.40. The zero-order valence-corrected chi connectivity index (χ0v) is 13.7. The number of phosphoric acid groups is 1. The third-order valence-electron chi connectivity index (χ3n) is 3.24. The van der Waals surface area contributed by atoms with Crippen LogP contribution in [-0.4, -0.2) is 57.5 Å². The van der Waals surface area contributed by atoms with E-state index in [2.05, 4.69) is 9.84 Å². The number of nitrogens with one attached hydrogen (secondary N) is 1. The summed E-state index contributed by atoms with van der Waals surface area (Å²) in [4.78, 5) is 40.6. The molecule has 1 heterocycles. The first-order valence-electron chi connectivity index (χ1n) is 7.44. The molecule has 4 N–H and O–H groups in total. The fourth-order valence-corrected chi connectivity index (χ4v) is 2.40. The highest BCUT2D eigenvalue weighted by molar-refractivity contribution is 7.46. The molecule has 9 nitrogen and oxygen atoms in total. The van der Waals surface area contributed by atoms with Crippen LogP contribution in [0.5, 0.6) is 0 Å². The number of rotatable bonds is 12. The van der Waals surface area contributed by atoms with E-state index in [0.29, 0.717) is 13.0 Å². The van der Waals surface area contributed by atoms with Crippen LogP contribution in [0.3, 0.4) is 0 Å². The molecular weight excluding hydrogens is 327 g/mol. The molecule has 0 bridgehead atoms. The molecule has 1 unspecified atom stereocenters. The number of imide groups is 1. The molecule has 1 aliphatic rings. The SMILES string of the molecule is O=C1C=CC(=O)N1CCC(O)NCCCCCCOP(=O)(O)O. The standard InChI is InChI=1S/C13H23N2O7P/c16-11(7-9-15-12(17)5-6-13(15)18)14-8-3-1-2-4-10-22-23(19,20)21/h5-6,11,14,16H,1-4,7-10H2,(H2,19,20,21). The summed E-state index contributed by atoms with van der Waals surface area (Å²) in [7, 11) is -4.37. The van der Waals surface area contributed by atoms with Gasteiger partial charge in [0.05, 0.1) is 6.61 Å². The minimum Gasteiger partial charge on any atom is -0.379 e. The van der Waals surface area contributed by atoms with Gasteiger partial charge in [-0.3, -0.25) is 24.3 Å². The Labute approximate surface area is 134 Å². The van der Waals surface area contributed by atoms with Crippen LogP contribution in [0.15, 0.2) is 12.2 Å². The van der Waals surface area contributed by atoms with Crippen LogP contribution in [0, 0.1) is 0 Å². The molecule has 0 aromatic rings. The van der Waals surface area contributed by atoms with E-state index >= 15 is 0 Å². The fraction of sp³-hybridized carbons (Fsp3) is 0.692. The second kappa shape index (κ2) is 9.92. The molecule has 0 aromatic heterocycles. The molecule has 23 heavy (non-hydrogen) atoms. The highest BCUT2D eigenvalue weighted by atomic mass is 31.2. The van der Waals surface area contributed by atoms with E-state index in [1.165, 1.54) is 12.2 Å². The first-order valence-corrected chi connectivity index (χ1v) is 8.98. The smallest absolute Gasteiger partial charge is 0.379 e. The van der Waals surface area contributed by atoms with Gasteiger partial charge in [0.1, 0.15) is 6.23 Å². The number of hydrogen-bond donors (Lipinski definition) is 4. The Balaban J connectivity index is 1.96. The van der Waals surface area contributed by atoms with Gasteiger partial charge in [0.25, 0.3) is 11.8 Å². The van der Waals surface area contributed by atoms with E-state index in [-0.39, 0.29) is 31.4 Å². The van der Waals surface area contributed by atoms with Gasteiger partial charge in [0.15, 0.2) is 0 Å². The van der Waals surface area contributed by atoms with Crippen molar-refractivity contribution in [2.75, 3.05) is 19.7 Å². The van der Waals surface area contributed by atoms with Crippen molar-refractivity contribution in [2.24, 2.45) is 0 Å². The summed E-state index contributed by atoms with van der Waals surface area (Å²) in [6.07, 6.45) is 4.81. The van der Waals surface area contributed by atoms with Crippen molar-refractivity contribution in [3.63, 3.8) is 0 Å². The number of unbranched alkanes of at least 4 members (excludes halogenated alkanes) is 3.